The molecule has 7 heteroatoms. The number of amides is 1. The lowest BCUT2D eigenvalue weighted by Crippen LogP contribution is -2.14. The summed E-state index contributed by atoms with van der Waals surface area (Å²) in [6, 6.07) is 20.7. The first-order chi connectivity index (χ1) is 14.9. The second-order valence-electron chi connectivity index (χ2n) is 6.69. The summed E-state index contributed by atoms with van der Waals surface area (Å²) in [5.41, 5.74) is 3.17. The molecule has 156 valence electrons. The van der Waals surface area contributed by atoms with Gasteiger partial charge in [0, 0.05) is 14.3 Å². The summed E-state index contributed by atoms with van der Waals surface area (Å²) in [5, 5.41) is 12.7. The first-order valence-corrected chi connectivity index (χ1v) is 11.5. The van der Waals surface area contributed by atoms with Crippen LogP contribution in [0.25, 0.3) is 6.08 Å². The molecular formula is C24H17BrClIN2O2. The number of aryl methyl sites for hydroxylation is 1. The van der Waals surface area contributed by atoms with Crippen LogP contribution in [-0.4, -0.2) is 5.91 Å². The van der Waals surface area contributed by atoms with E-state index in [0.717, 1.165) is 15.6 Å². The van der Waals surface area contributed by atoms with E-state index in [-0.39, 0.29) is 5.57 Å². The van der Waals surface area contributed by atoms with Gasteiger partial charge >= 0.3 is 0 Å². The van der Waals surface area contributed by atoms with Crippen molar-refractivity contribution in [3.05, 3.63) is 96.0 Å². The number of benzene rings is 3. The zero-order chi connectivity index (χ0) is 22.4. The second kappa shape index (κ2) is 10.8. The number of nitrogens with zero attached hydrogens (tertiary/aromatic N) is 1. The van der Waals surface area contributed by atoms with Crippen molar-refractivity contribution in [2.24, 2.45) is 0 Å². The zero-order valence-electron chi connectivity index (χ0n) is 16.5. The van der Waals surface area contributed by atoms with Crippen molar-refractivity contribution >= 4 is 67.8 Å². The van der Waals surface area contributed by atoms with Crippen LogP contribution in [0.4, 0.5) is 5.69 Å². The highest BCUT2D eigenvalue weighted by molar-refractivity contribution is 14.1. The summed E-state index contributed by atoms with van der Waals surface area (Å²) in [4.78, 5) is 12.6. The third-order valence-corrected chi connectivity index (χ3v) is 5.96. The molecule has 0 aliphatic rings. The summed E-state index contributed by atoms with van der Waals surface area (Å²) >= 11 is 11.8. The lowest BCUT2D eigenvalue weighted by molar-refractivity contribution is -0.112. The molecule has 0 bridgehead atoms. The number of carbonyl (C=O) groups excluding carboxylic acids is 1. The molecule has 0 unspecified atom stereocenters. The molecule has 3 aromatic carbocycles. The van der Waals surface area contributed by atoms with Crippen LogP contribution in [0.15, 0.2) is 70.7 Å². The summed E-state index contributed by atoms with van der Waals surface area (Å²) in [6.07, 6.45) is 1.53. The molecule has 0 saturated carbocycles. The Morgan fingerprint density at radius 2 is 1.94 bits per heavy atom. The molecule has 1 N–H and O–H groups in total. The molecule has 3 rings (SSSR count). The molecule has 4 nitrogen and oxygen atoms in total. The minimum absolute atomic E-state index is 0.0150. The predicted molar refractivity (Wildman–Crippen MR) is 136 cm³/mol. The third-order valence-electron chi connectivity index (χ3n) is 4.39. The van der Waals surface area contributed by atoms with E-state index in [1.165, 1.54) is 9.65 Å². The number of nitrogens with one attached hydrogen (secondary N) is 1. The largest absolute Gasteiger partial charge is 0.488 e. The maximum Gasteiger partial charge on any atom is 0.266 e. The van der Waals surface area contributed by atoms with Gasteiger partial charge in [-0.3, -0.25) is 4.79 Å². The first kappa shape index (κ1) is 23.3. The van der Waals surface area contributed by atoms with Crippen LogP contribution in [0, 0.1) is 21.8 Å². The average molecular weight is 608 g/mol. The number of rotatable bonds is 6. The predicted octanol–water partition coefficient (Wildman–Crippen LogP) is 7.14. The van der Waals surface area contributed by atoms with Gasteiger partial charge in [-0.1, -0.05) is 35.9 Å². The number of hydrogen-bond acceptors (Lipinski definition) is 3. The highest BCUT2D eigenvalue weighted by Crippen LogP contribution is 2.28. The van der Waals surface area contributed by atoms with E-state index in [0.29, 0.717) is 28.6 Å². The number of nitriles is 1. The van der Waals surface area contributed by atoms with E-state index in [1.54, 1.807) is 36.4 Å². The van der Waals surface area contributed by atoms with E-state index >= 15 is 0 Å². The number of halogens is 3. The molecular weight excluding hydrogens is 591 g/mol. The lowest BCUT2D eigenvalue weighted by Gasteiger charge is -2.10. The molecule has 0 aliphatic heterocycles. The second-order valence-corrected chi connectivity index (χ2v) is 9.22. The van der Waals surface area contributed by atoms with Crippen molar-refractivity contribution in [3.8, 4) is 11.8 Å². The summed E-state index contributed by atoms with van der Waals surface area (Å²) in [6.45, 7) is 2.29. The Kier molecular flexibility index (Phi) is 8.13. The molecule has 0 saturated heterocycles. The third kappa shape index (κ3) is 6.57. The van der Waals surface area contributed by atoms with Gasteiger partial charge in [0.05, 0.1) is 4.47 Å². The maximum atomic E-state index is 12.6. The fourth-order valence-electron chi connectivity index (χ4n) is 2.70. The van der Waals surface area contributed by atoms with Crippen molar-refractivity contribution in [2.45, 2.75) is 13.5 Å². The van der Waals surface area contributed by atoms with Crippen molar-refractivity contribution in [1.82, 2.24) is 0 Å². The Balaban J connectivity index is 1.72. The number of hydrogen-bond donors (Lipinski definition) is 1. The smallest absolute Gasteiger partial charge is 0.266 e. The van der Waals surface area contributed by atoms with Crippen LogP contribution in [-0.2, 0) is 11.4 Å². The Morgan fingerprint density at radius 1 is 1.19 bits per heavy atom. The van der Waals surface area contributed by atoms with E-state index in [2.05, 4.69) is 43.8 Å². The van der Waals surface area contributed by atoms with Gasteiger partial charge in [0.1, 0.15) is 24.0 Å². The van der Waals surface area contributed by atoms with Crippen LogP contribution in [0.3, 0.4) is 0 Å². The number of carbonyl (C=O) groups is 1. The lowest BCUT2D eigenvalue weighted by atomic mass is 10.1. The molecule has 0 spiro atoms. The van der Waals surface area contributed by atoms with Gasteiger partial charge in [-0.25, -0.2) is 0 Å². The Labute approximate surface area is 208 Å². The topological polar surface area (TPSA) is 62.1 Å². The zero-order valence-corrected chi connectivity index (χ0v) is 21.0. The highest BCUT2D eigenvalue weighted by Gasteiger charge is 2.12. The average Bonchev–Trinajstić information content (AvgIpc) is 2.75. The monoisotopic (exact) mass is 606 g/mol. The van der Waals surface area contributed by atoms with Gasteiger partial charge < -0.3 is 10.1 Å². The van der Waals surface area contributed by atoms with Crippen molar-refractivity contribution in [2.75, 3.05) is 5.32 Å². The van der Waals surface area contributed by atoms with Gasteiger partial charge in [0.15, 0.2) is 0 Å². The van der Waals surface area contributed by atoms with E-state index in [9.17, 15) is 10.1 Å². The normalized spacial score (nSPS) is 11.0. The fourth-order valence-corrected chi connectivity index (χ4v) is 3.74. The van der Waals surface area contributed by atoms with Crippen LogP contribution in [0.1, 0.15) is 16.7 Å². The SMILES string of the molecule is Cc1ccc(Cl)cc1NC(=O)/C(C#N)=C/c1ccc(OCc2ccc(I)cc2)c(Br)c1. The highest BCUT2D eigenvalue weighted by atomic mass is 127. The summed E-state index contributed by atoms with van der Waals surface area (Å²) < 4.78 is 7.77. The van der Waals surface area contributed by atoms with E-state index < -0.39 is 5.91 Å². The maximum absolute atomic E-state index is 12.6. The molecule has 31 heavy (non-hydrogen) atoms. The van der Waals surface area contributed by atoms with Crippen LogP contribution in [0.2, 0.25) is 5.02 Å². The Hall–Kier alpha value is -2.34. The Morgan fingerprint density at radius 3 is 2.61 bits per heavy atom. The van der Waals surface area contributed by atoms with Crippen molar-refractivity contribution in [3.63, 3.8) is 0 Å². The van der Waals surface area contributed by atoms with Crippen molar-refractivity contribution < 1.29 is 9.53 Å². The van der Waals surface area contributed by atoms with Crippen LogP contribution >= 0.6 is 50.1 Å². The Bertz CT molecular complexity index is 1190. The molecule has 0 aromatic heterocycles. The van der Waals surface area contributed by atoms with E-state index in [1.807, 2.05) is 37.3 Å². The summed E-state index contributed by atoms with van der Waals surface area (Å²) in [5.74, 6) is 0.177. The first-order valence-electron chi connectivity index (χ1n) is 9.22. The minimum Gasteiger partial charge on any atom is -0.488 e. The van der Waals surface area contributed by atoms with Crippen LogP contribution < -0.4 is 10.1 Å². The molecule has 3 aromatic rings. The number of ether oxygens (including phenoxy) is 1. The molecule has 0 atom stereocenters. The molecule has 0 aliphatic carbocycles. The van der Waals surface area contributed by atoms with Crippen molar-refractivity contribution in [1.29, 1.82) is 5.26 Å². The number of anilines is 1. The van der Waals surface area contributed by atoms with E-state index in [4.69, 9.17) is 16.3 Å². The summed E-state index contributed by atoms with van der Waals surface area (Å²) in [7, 11) is 0. The van der Waals surface area contributed by atoms with Crippen LogP contribution in [0.5, 0.6) is 5.75 Å². The van der Waals surface area contributed by atoms with Gasteiger partial charge in [0.25, 0.3) is 5.91 Å². The molecule has 1 amide bonds. The molecule has 0 heterocycles. The van der Waals surface area contributed by atoms with Gasteiger partial charge in [0.2, 0.25) is 0 Å². The standard InChI is InChI=1S/C24H17BrClIN2O2/c1-15-2-6-19(26)12-22(15)29-24(30)18(13-28)10-17-5-9-23(21(25)11-17)31-14-16-3-7-20(27)8-4-16/h2-12H,14H2,1H3,(H,29,30)/b18-10+. The van der Waals surface area contributed by atoms with Gasteiger partial charge in [-0.05, 0) is 105 Å². The quantitative estimate of drug-likeness (QED) is 0.184. The fraction of sp³-hybridized carbons (Fsp3) is 0.0833. The van der Waals surface area contributed by atoms with Gasteiger partial charge in [-0.15, -0.1) is 0 Å². The molecule has 0 radical (unpaired) electrons. The minimum atomic E-state index is -0.497. The molecule has 0 fully saturated rings. The van der Waals surface area contributed by atoms with Gasteiger partial charge in [-0.2, -0.15) is 5.26 Å².